The third-order valence-corrected chi connectivity index (χ3v) is 7.38. The molecular formula is C56H64AlCl6N3O9S. The Balaban J connectivity index is -0.000000941. The molecule has 20 heteroatoms. The summed E-state index contributed by atoms with van der Waals surface area (Å²) >= 11 is 3.35. The van der Waals surface area contributed by atoms with E-state index >= 15 is 0 Å². The van der Waals surface area contributed by atoms with Gasteiger partial charge in [-0.2, -0.15) is 0 Å². The van der Waals surface area contributed by atoms with E-state index in [0.29, 0.717) is 39.0 Å². The number of carboxylic acids is 1. The van der Waals surface area contributed by atoms with Gasteiger partial charge in [0.15, 0.2) is 0 Å². The van der Waals surface area contributed by atoms with Gasteiger partial charge in [0.2, 0.25) is 25.9 Å². The Morgan fingerprint density at radius 1 is 0.658 bits per heavy atom. The van der Waals surface area contributed by atoms with E-state index in [0.717, 1.165) is 11.4 Å². The summed E-state index contributed by atoms with van der Waals surface area (Å²) < 4.78 is 78.6. The highest BCUT2D eigenvalue weighted by atomic mass is 36.0. The molecule has 12 nitrogen and oxygen atoms in total. The number of carbonyl (C=O) groups excluding carboxylic acids is 2. The Kier molecular flexibility index (Phi) is 38.8. The number of aliphatic carboxylic acids is 1. The first kappa shape index (κ1) is 59.2. The van der Waals surface area contributed by atoms with E-state index in [4.69, 9.17) is 77.2 Å². The molecule has 0 aliphatic heterocycles. The number of carbonyl (C=O) groups is 3. The van der Waals surface area contributed by atoms with Crippen molar-refractivity contribution in [3.8, 4) is 17.2 Å². The number of aromatic nitrogens is 1. The summed E-state index contributed by atoms with van der Waals surface area (Å²) in [7, 11) is 25.4. The molecule has 0 bridgehead atoms. The number of nitrogens with two attached hydrogens (primary N) is 1. The number of H-pyrrole nitrogens is 1. The molecule has 1 aromatic heterocycles. The largest absolute Gasteiger partial charge is 0.643 e. The van der Waals surface area contributed by atoms with Crippen molar-refractivity contribution in [2.24, 2.45) is 0 Å². The molecule has 0 atom stereocenters. The van der Waals surface area contributed by atoms with Gasteiger partial charge in [-0.3, -0.25) is 14.4 Å². The average molecular weight is 1200 g/mol. The number of carboxylic acid groups (broad SMARTS) is 1. The molecule has 0 aliphatic carbocycles. The zero-order chi connectivity index (χ0) is 65.1. The lowest BCUT2D eigenvalue weighted by molar-refractivity contribution is -0.131. The number of nitrogen functional groups attached to an aromatic ring is 1. The number of halogens is 6. The molecule has 7 rings (SSSR count). The lowest BCUT2D eigenvalue weighted by atomic mass is 10.2. The fraction of sp³-hybridized carbons (Fsp3) is 0.143. The van der Waals surface area contributed by atoms with E-state index in [1.54, 1.807) is 136 Å². The number of aromatic amines is 1. The summed E-state index contributed by atoms with van der Waals surface area (Å²) in [5.41, 5.74) is 8.09. The smallest absolute Gasteiger partial charge is 0.508 e. The molecule has 408 valence electrons. The fourth-order valence-electron chi connectivity index (χ4n) is 4.40. The first-order valence-corrected chi connectivity index (χ1v) is 30.6. The van der Waals surface area contributed by atoms with Crippen LogP contribution in [0.15, 0.2) is 193 Å². The normalized spacial score (nSPS) is 11.6. The maximum Gasteiger partial charge on any atom is 0.643 e. The molecule has 0 fully saturated rings. The number of pyridine rings is 1. The molecule has 6 N–H and O–H groups in total. The molecule has 0 aliphatic rings. The van der Waals surface area contributed by atoms with Gasteiger partial charge in [0.25, 0.3) is 0 Å². The zero-order valence-corrected chi connectivity index (χ0v) is 49.1. The summed E-state index contributed by atoms with van der Waals surface area (Å²) in [6.07, 6.45) is 0. The predicted molar refractivity (Wildman–Crippen MR) is 327 cm³/mol. The minimum absolute atomic E-state index is 0.0115. The van der Waals surface area contributed by atoms with Crippen LogP contribution in [0.4, 0.5) is 11.4 Å². The van der Waals surface area contributed by atoms with Crippen molar-refractivity contribution < 1.29 is 49.2 Å². The highest BCUT2D eigenvalue weighted by Gasteiger charge is 2.01. The summed E-state index contributed by atoms with van der Waals surface area (Å²) in [6, 6.07) is 41.3. The first-order valence-electron chi connectivity index (χ1n) is 26.2. The van der Waals surface area contributed by atoms with E-state index in [9.17, 15) is 24.3 Å². The van der Waals surface area contributed by atoms with Crippen LogP contribution in [0, 0.1) is 0 Å². The minimum atomic E-state index is -1.72. The standard InChI is InChI=1S/C16H15NO2.C9H7ClO.C9H7NO2.C9H8O2.C7H9NO.3C2H6.Al.Cl2OS.3ClH/c1-19-15-10-8-14(9-11-15)17-16(18)12-7-13-5-3-2-4-6-13;10-9(11)7-6-8-4-2-1-3-5-8;11-7-2-3-8-6(5-7)1-4-9(12)10-8;10-9(11)7-6-8-4-2-1-3-5-8;1-9-7-4-2-6(8)3-5-7;3*1-2;;1-4(2)3;;;/h2-12H,1H3,(H,17,18);1-7H;1-5,11H,(H,10,12);1-7H,(H,10,11);2-5H,8H2,1H3;3*1-2H3;;;3*1H/q;;;;;;;;+3;;;;/p-3/b12-7+;7-6+;;7-6+;;;;;;;;;/i7D,12D;6D,7D;1D,4D;6D,7D;;;;;;;;;. The van der Waals surface area contributed by atoms with Crippen LogP contribution in [0.3, 0.4) is 0 Å². The number of benzene rings is 6. The second-order valence-electron chi connectivity index (χ2n) is 12.2. The predicted octanol–water partition coefficient (Wildman–Crippen LogP) is 15.9. The molecule has 1 amide bonds. The van der Waals surface area contributed by atoms with Gasteiger partial charge in [-0.25, -0.2) is 39.2 Å². The molecule has 0 saturated heterocycles. The Morgan fingerprint density at radius 3 is 1.42 bits per heavy atom. The topological polar surface area (TPSA) is 198 Å². The number of rotatable bonds is 9. The summed E-state index contributed by atoms with van der Waals surface area (Å²) in [4.78, 5) is 46.4. The van der Waals surface area contributed by atoms with Gasteiger partial charge in [0.1, 0.15) is 17.2 Å². The van der Waals surface area contributed by atoms with Gasteiger partial charge in [-0.15, -0.1) is 0 Å². The highest BCUT2D eigenvalue weighted by Crippen LogP contribution is 2.17. The monoisotopic (exact) mass is 1200 g/mol. The van der Waals surface area contributed by atoms with Crippen molar-refractivity contribution in [3.63, 3.8) is 0 Å². The van der Waals surface area contributed by atoms with Crippen LogP contribution in [-0.2, 0) is 23.6 Å². The zero-order valence-electron chi connectivity index (χ0n) is 50.6. The second-order valence-corrected chi connectivity index (χ2v) is 21.5. The van der Waals surface area contributed by atoms with Crippen molar-refractivity contribution in [3.05, 3.63) is 215 Å². The number of hydrogen-bond donors (Lipinski definition) is 5. The third-order valence-electron chi connectivity index (χ3n) is 7.29. The molecule has 0 saturated carbocycles. The van der Waals surface area contributed by atoms with Crippen molar-refractivity contribution in [2.45, 2.75) is 41.5 Å². The minimum Gasteiger partial charge on any atom is -0.508 e. The molecule has 0 unspecified atom stereocenters. The number of amides is 1. The molecule has 76 heavy (non-hydrogen) atoms. The summed E-state index contributed by atoms with van der Waals surface area (Å²) in [5.74, 6) is -0.468. The Bertz CT molecular complexity index is 3140. The van der Waals surface area contributed by atoms with Crippen LogP contribution < -0.4 is 26.1 Å². The quantitative estimate of drug-likeness (QED) is 0.0401. The number of methoxy groups -OCH3 is 2. The maximum absolute atomic E-state index is 12.0. The van der Waals surface area contributed by atoms with Crippen LogP contribution in [0.5, 0.6) is 17.2 Å². The summed E-state index contributed by atoms with van der Waals surface area (Å²) in [5, 5.41) is 19.7. The highest BCUT2D eigenvalue weighted by molar-refractivity contribution is 8.26. The van der Waals surface area contributed by atoms with Gasteiger partial charge in [0.05, 0.1) is 25.2 Å². The maximum atomic E-state index is 12.0. The van der Waals surface area contributed by atoms with Crippen molar-refractivity contribution >= 4 is 141 Å². The second kappa shape index (κ2) is 49.8. The molecule has 0 spiro atoms. The van der Waals surface area contributed by atoms with Gasteiger partial charge >= 0.3 is 17.4 Å². The number of aromatic hydroxyl groups is 1. The van der Waals surface area contributed by atoms with Crippen LogP contribution in [0.25, 0.3) is 29.1 Å². The lowest BCUT2D eigenvalue weighted by Crippen LogP contribution is -2.07. The summed E-state index contributed by atoms with van der Waals surface area (Å²) in [6.45, 7) is 12.0. The van der Waals surface area contributed by atoms with Crippen molar-refractivity contribution in [1.29, 1.82) is 0 Å². The molecular weight excluding hydrogens is 1130 g/mol. The van der Waals surface area contributed by atoms with Gasteiger partial charge in [-0.1, -0.05) is 139 Å². The molecule has 7 aromatic rings. The van der Waals surface area contributed by atoms with Crippen LogP contribution in [0.2, 0.25) is 0 Å². The molecule has 0 radical (unpaired) electrons. The number of ether oxygens (including phenoxy) is 2. The Morgan fingerprint density at radius 2 is 1.04 bits per heavy atom. The fourth-order valence-corrected chi connectivity index (χ4v) is 4.45. The molecule has 6 aromatic carbocycles. The van der Waals surface area contributed by atoms with Crippen LogP contribution in [-0.4, -0.2) is 62.1 Å². The Labute approximate surface area is 491 Å². The van der Waals surface area contributed by atoms with E-state index in [1.165, 1.54) is 18.2 Å². The van der Waals surface area contributed by atoms with Crippen LogP contribution in [0.1, 0.15) is 69.2 Å². The number of anilines is 2. The van der Waals surface area contributed by atoms with E-state index in [-0.39, 0.29) is 42.0 Å². The first-order chi connectivity index (χ1) is 39.7. The number of phenolic OH excluding ortho intramolecular Hbond substituents is 1. The van der Waals surface area contributed by atoms with Gasteiger partial charge < -0.3 is 35.7 Å². The number of allylic oxidation sites excluding steroid dienone is 1. The SMILES string of the molecule is CC.CC.CC.COc1ccc(N)cc1.O=S(Cl)Cl.[2H]/C(C(=O)Cl)=C(/[2H])c1ccccc1.[2H]/C(C(=O)Nc1ccc(OC)cc1)=C(/[2H])c1ccccc1.[2H]/C(C(=O)O)=C(/[2H])c1ccccc1.[2H]c1c([2H])c2cc(O)ccc2[nH]c1=O.[Cl][Al]([Cl])[Cl]. The van der Waals surface area contributed by atoms with Crippen molar-refractivity contribution in [1.82, 2.24) is 4.98 Å². The third kappa shape index (κ3) is 44.3. The van der Waals surface area contributed by atoms with E-state index in [1.807, 2.05) is 59.7 Å². The van der Waals surface area contributed by atoms with Crippen molar-refractivity contribution in [2.75, 3.05) is 25.3 Å². The number of fused-ring (bicyclic) bond motifs is 1. The number of hydrogen-bond acceptors (Lipinski definition) is 9. The van der Waals surface area contributed by atoms with Gasteiger partial charge in [-0.05, 0) is 119 Å². The van der Waals surface area contributed by atoms with E-state index < -0.39 is 55.4 Å². The Hall–Kier alpha value is -6.02. The number of nitrogens with one attached hydrogen (secondary N) is 2. The van der Waals surface area contributed by atoms with Crippen LogP contribution >= 0.6 is 63.1 Å². The number of phenols is 1. The molecule has 1 heterocycles. The lowest BCUT2D eigenvalue weighted by Gasteiger charge is -2.03. The van der Waals surface area contributed by atoms with E-state index in [2.05, 4.69) is 31.7 Å². The van der Waals surface area contributed by atoms with Gasteiger partial charge in [0, 0.05) is 61.8 Å². The average Bonchev–Trinajstić information content (AvgIpc) is 3.68.